The maximum absolute atomic E-state index is 14.3. The number of rotatable bonds is 5. The van der Waals surface area contributed by atoms with E-state index in [2.05, 4.69) is 10.1 Å². The number of halogens is 3. The first kappa shape index (κ1) is 32.8. The van der Waals surface area contributed by atoms with Gasteiger partial charge in [0, 0.05) is 31.2 Å². The van der Waals surface area contributed by atoms with Gasteiger partial charge in [0.05, 0.1) is 30.8 Å². The Balaban J connectivity index is 1.38. The van der Waals surface area contributed by atoms with Crippen LogP contribution >= 0.6 is 0 Å². The lowest BCUT2D eigenvalue weighted by atomic mass is 9.89. The van der Waals surface area contributed by atoms with E-state index in [9.17, 15) is 32.3 Å². The van der Waals surface area contributed by atoms with E-state index >= 15 is 0 Å². The average molecular weight is 653 g/mol. The Morgan fingerprint density at radius 2 is 1.79 bits per heavy atom. The zero-order valence-corrected chi connectivity index (χ0v) is 26.9. The summed E-state index contributed by atoms with van der Waals surface area (Å²) in [5.74, 6) is -0.272. The highest BCUT2D eigenvalue weighted by Crippen LogP contribution is 2.62. The second kappa shape index (κ2) is 12.5. The van der Waals surface area contributed by atoms with Crippen LogP contribution in [0, 0.1) is 12.3 Å². The summed E-state index contributed by atoms with van der Waals surface area (Å²) < 4.78 is 47.4. The number of benzene rings is 1. The summed E-state index contributed by atoms with van der Waals surface area (Å²) in [5, 5.41) is 5.18. The fraction of sp³-hybridized carbons (Fsp3) is 0.543. The van der Waals surface area contributed by atoms with Crippen molar-refractivity contribution in [1.29, 1.82) is 0 Å². The van der Waals surface area contributed by atoms with E-state index in [4.69, 9.17) is 4.74 Å². The first-order valence-electron chi connectivity index (χ1n) is 16.3. The van der Waals surface area contributed by atoms with Gasteiger partial charge in [-0.1, -0.05) is 18.9 Å². The van der Waals surface area contributed by atoms with Gasteiger partial charge in [0.2, 0.25) is 5.91 Å². The molecule has 1 aliphatic carbocycles. The van der Waals surface area contributed by atoms with Crippen LogP contribution in [0.2, 0.25) is 0 Å². The largest absolute Gasteiger partial charge is 0.497 e. The maximum atomic E-state index is 14.3. The number of ether oxygens (including phenoxy) is 1. The van der Waals surface area contributed by atoms with Gasteiger partial charge >= 0.3 is 6.18 Å². The van der Waals surface area contributed by atoms with Crippen molar-refractivity contribution >= 4 is 34.2 Å². The number of piperidine rings is 1. The van der Waals surface area contributed by atoms with Crippen molar-refractivity contribution < 1.29 is 37.1 Å². The van der Waals surface area contributed by atoms with E-state index in [0.717, 1.165) is 37.3 Å². The van der Waals surface area contributed by atoms with E-state index in [0.29, 0.717) is 60.7 Å². The Morgan fingerprint density at radius 1 is 1.04 bits per heavy atom. The van der Waals surface area contributed by atoms with Gasteiger partial charge in [-0.25, -0.2) is 4.98 Å². The molecule has 0 spiro atoms. The zero-order chi connectivity index (χ0) is 33.7. The van der Waals surface area contributed by atoms with Crippen LogP contribution in [0.3, 0.4) is 0 Å². The Labute approximate surface area is 270 Å². The van der Waals surface area contributed by atoms with Crippen LogP contribution in [0.25, 0.3) is 10.9 Å². The minimum absolute atomic E-state index is 0.0271. The van der Waals surface area contributed by atoms with Crippen LogP contribution in [0.4, 0.5) is 13.2 Å². The number of methoxy groups -OCH3 is 1. The standard InChI is InChI=1S/C35H39F3N4O5/c1-20-10-11-29(35(36,37)38)39-26(20)16-28(45)27-17-34-13-12-23(44)9-7-5-4-6-8-22-14-24(47-3)15-25-32(21(2)43)40-41(33(22)25)19-31(46)42(27)30(34)18-34/h10-11,14-15,27,30H,4-9,12-13,16-19H2,1-3H3/t27-,30+,34-/m0/s1. The van der Waals surface area contributed by atoms with Crippen molar-refractivity contribution in [2.75, 3.05) is 7.11 Å². The molecule has 3 aliphatic rings. The number of carbonyl (C=O) groups excluding carboxylic acids is 4. The molecule has 1 amide bonds. The fourth-order valence-corrected chi connectivity index (χ4v) is 7.59. The highest BCUT2D eigenvalue weighted by atomic mass is 19.4. The summed E-state index contributed by atoms with van der Waals surface area (Å²) in [7, 11) is 1.55. The summed E-state index contributed by atoms with van der Waals surface area (Å²) in [6, 6.07) is 4.69. The molecule has 6 rings (SSSR count). The van der Waals surface area contributed by atoms with E-state index in [1.165, 1.54) is 13.0 Å². The normalized spacial score (nSPS) is 23.8. The molecule has 1 saturated heterocycles. The highest BCUT2D eigenvalue weighted by Gasteiger charge is 2.66. The lowest BCUT2D eigenvalue weighted by Gasteiger charge is -2.27. The Morgan fingerprint density at radius 3 is 2.49 bits per heavy atom. The van der Waals surface area contributed by atoms with E-state index in [1.807, 2.05) is 6.07 Å². The molecule has 1 aromatic carbocycles. The zero-order valence-electron chi connectivity index (χ0n) is 26.9. The number of amides is 1. The van der Waals surface area contributed by atoms with Crippen LogP contribution in [-0.4, -0.2) is 62.1 Å². The van der Waals surface area contributed by atoms with Crippen molar-refractivity contribution in [3.63, 3.8) is 0 Å². The number of alkyl halides is 3. The minimum atomic E-state index is -4.66. The molecule has 250 valence electrons. The first-order chi connectivity index (χ1) is 22.3. The topological polar surface area (TPSA) is 111 Å². The van der Waals surface area contributed by atoms with Gasteiger partial charge in [-0.05, 0) is 80.2 Å². The lowest BCUT2D eigenvalue weighted by molar-refractivity contribution is -0.141. The molecule has 0 radical (unpaired) electrons. The molecule has 2 aliphatic heterocycles. The van der Waals surface area contributed by atoms with Gasteiger partial charge in [-0.3, -0.25) is 23.9 Å². The predicted octanol–water partition coefficient (Wildman–Crippen LogP) is 6.00. The molecule has 2 fully saturated rings. The second-order valence-electron chi connectivity index (χ2n) is 13.4. The number of pyridine rings is 1. The molecule has 3 aromatic rings. The number of carbonyl (C=O) groups is 4. The third kappa shape index (κ3) is 6.43. The molecule has 2 bridgehead atoms. The third-order valence-electron chi connectivity index (χ3n) is 10.2. The Kier molecular flexibility index (Phi) is 8.73. The summed E-state index contributed by atoms with van der Waals surface area (Å²) in [6.07, 6.45) is 1.46. The van der Waals surface area contributed by atoms with Crippen LogP contribution in [-0.2, 0) is 39.9 Å². The quantitative estimate of drug-likeness (QED) is 0.311. The molecule has 2 aromatic heterocycles. The van der Waals surface area contributed by atoms with Crippen molar-refractivity contribution in [2.45, 2.75) is 109 Å². The molecule has 0 N–H and O–H groups in total. The summed E-state index contributed by atoms with van der Waals surface area (Å²) >= 11 is 0. The monoisotopic (exact) mass is 652 g/mol. The van der Waals surface area contributed by atoms with Crippen LogP contribution in [0.5, 0.6) is 5.75 Å². The van der Waals surface area contributed by atoms with Gasteiger partial charge in [0.15, 0.2) is 11.6 Å². The molecule has 3 atom stereocenters. The van der Waals surface area contributed by atoms with E-state index < -0.39 is 23.3 Å². The molecule has 9 nitrogen and oxygen atoms in total. The Hall–Kier alpha value is -4.09. The number of ketones is 3. The Bertz CT molecular complexity index is 1770. The number of aryl methyl sites for hydroxylation is 2. The summed E-state index contributed by atoms with van der Waals surface area (Å²) in [6.45, 7) is 2.80. The van der Waals surface area contributed by atoms with Crippen molar-refractivity contribution in [3.05, 3.63) is 52.5 Å². The number of aromatic nitrogens is 3. The molecular formula is C35H39F3N4O5. The predicted molar refractivity (Wildman–Crippen MR) is 166 cm³/mol. The summed E-state index contributed by atoms with van der Waals surface area (Å²) in [4.78, 5) is 59.1. The number of hydrogen-bond acceptors (Lipinski definition) is 7. The average Bonchev–Trinajstić information content (AvgIpc) is 3.43. The van der Waals surface area contributed by atoms with Crippen molar-refractivity contribution in [2.24, 2.45) is 5.41 Å². The minimum Gasteiger partial charge on any atom is -0.497 e. The molecular weight excluding hydrogens is 613 g/mol. The molecule has 12 heteroatoms. The second-order valence-corrected chi connectivity index (χ2v) is 13.4. The van der Waals surface area contributed by atoms with Crippen LogP contribution < -0.4 is 4.74 Å². The number of nitrogens with zero attached hydrogens (tertiary/aromatic N) is 4. The maximum Gasteiger partial charge on any atom is 0.433 e. The smallest absolute Gasteiger partial charge is 0.433 e. The fourth-order valence-electron chi connectivity index (χ4n) is 7.59. The van der Waals surface area contributed by atoms with Crippen LogP contribution in [0.1, 0.15) is 97.7 Å². The highest BCUT2D eigenvalue weighted by molar-refractivity contribution is 6.06. The van der Waals surface area contributed by atoms with Gasteiger partial charge < -0.3 is 9.64 Å². The molecule has 47 heavy (non-hydrogen) atoms. The number of hydrogen-bond donors (Lipinski definition) is 0. The molecule has 4 heterocycles. The van der Waals surface area contributed by atoms with Gasteiger partial charge in [-0.15, -0.1) is 0 Å². The van der Waals surface area contributed by atoms with E-state index in [-0.39, 0.29) is 53.7 Å². The van der Waals surface area contributed by atoms with Gasteiger partial charge in [0.25, 0.3) is 0 Å². The van der Waals surface area contributed by atoms with Crippen LogP contribution in [0.15, 0.2) is 24.3 Å². The van der Waals surface area contributed by atoms with Crippen molar-refractivity contribution in [3.8, 4) is 5.75 Å². The summed E-state index contributed by atoms with van der Waals surface area (Å²) in [5.41, 5.74) is 0.782. The van der Waals surface area contributed by atoms with Crippen molar-refractivity contribution in [1.82, 2.24) is 19.7 Å². The van der Waals surface area contributed by atoms with Gasteiger partial charge in [-0.2, -0.15) is 18.3 Å². The third-order valence-corrected chi connectivity index (χ3v) is 10.2. The SMILES string of the molecule is COc1cc2c3c(c1)c(C(C)=O)nn3CC(=O)N1[C@H](C(=O)Cc3nc(C(F)(F)F)ccc3C)C[C@@]3(CCC(=O)CCCCCC2)C[C@@H]13. The van der Waals surface area contributed by atoms with E-state index in [1.54, 1.807) is 29.7 Å². The van der Waals surface area contributed by atoms with Gasteiger partial charge in [0.1, 0.15) is 29.5 Å². The first-order valence-corrected chi connectivity index (χ1v) is 16.3. The molecule has 0 unspecified atom stereocenters. The lowest BCUT2D eigenvalue weighted by Crippen LogP contribution is -2.45. The molecule has 1 saturated carbocycles. The number of Topliss-reactive ketones (excluding diaryl/α,β-unsaturated/α-hetero) is 3.